The minimum Gasteiger partial charge on any atom is -0.387 e. The van der Waals surface area contributed by atoms with Crippen LogP contribution in [0.3, 0.4) is 0 Å². The van der Waals surface area contributed by atoms with Crippen molar-refractivity contribution in [3.05, 3.63) is 35.4 Å². The van der Waals surface area contributed by atoms with Crippen LogP contribution >= 0.6 is 0 Å². The van der Waals surface area contributed by atoms with E-state index in [0.717, 1.165) is 5.56 Å². The largest absolute Gasteiger partial charge is 0.387 e. The third kappa shape index (κ3) is 3.30. The van der Waals surface area contributed by atoms with E-state index in [1.807, 2.05) is 31.2 Å². The molecular formula is C12H18O3. The van der Waals surface area contributed by atoms with E-state index in [0.29, 0.717) is 6.42 Å². The van der Waals surface area contributed by atoms with Crippen molar-refractivity contribution >= 4 is 0 Å². The first-order valence-corrected chi connectivity index (χ1v) is 4.97. The molecule has 1 atom stereocenters. The quantitative estimate of drug-likeness (QED) is 0.749. The summed E-state index contributed by atoms with van der Waals surface area (Å²) in [6.07, 6.45) is -0.662. The van der Waals surface area contributed by atoms with Crippen molar-refractivity contribution in [1.82, 2.24) is 0 Å². The Morgan fingerprint density at radius 2 is 1.80 bits per heavy atom. The van der Waals surface area contributed by atoms with Crippen LogP contribution in [-0.4, -0.2) is 31.7 Å². The lowest BCUT2D eigenvalue weighted by molar-refractivity contribution is -0.163. The molecule has 1 aromatic carbocycles. The van der Waals surface area contributed by atoms with Crippen LogP contribution < -0.4 is 0 Å². The van der Waals surface area contributed by atoms with Gasteiger partial charge in [0, 0.05) is 20.6 Å². The number of hydrogen-bond donors (Lipinski definition) is 1. The van der Waals surface area contributed by atoms with Gasteiger partial charge in [-0.15, -0.1) is 0 Å². The van der Waals surface area contributed by atoms with E-state index in [9.17, 15) is 5.11 Å². The van der Waals surface area contributed by atoms with E-state index in [1.165, 1.54) is 19.8 Å². The predicted molar refractivity (Wildman–Crippen MR) is 58.7 cm³/mol. The fourth-order valence-corrected chi connectivity index (χ4v) is 1.57. The van der Waals surface area contributed by atoms with Gasteiger partial charge in [-0.3, -0.25) is 0 Å². The molecule has 1 rings (SSSR count). The first-order valence-electron chi connectivity index (χ1n) is 4.97. The van der Waals surface area contributed by atoms with Crippen LogP contribution in [0, 0.1) is 6.92 Å². The topological polar surface area (TPSA) is 38.7 Å². The smallest absolute Gasteiger partial charge is 0.183 e. The predicted octanol–water partition coefficient (Wildman–Crippen LogP) is 1.52. The molecule has 3 heteroatoms. The number of aliphatic hydroxyl groups excluding tert-OH is 1. The first kappa shape index (κ1) is 12.2. The van der Waals surface area contributed by atoms with Gasteiger partial charge in [0.2, 0.25) is 0 Å². The minimum atomic E-state index is -0.638. The van der Waals surface area contributed by atoms with Crippen LogP contribution in [-0.2, 0) is 15.9 Å². The van der Waals surface area contributed by atoms with E-state index in [-0.39, 0.29) is 0 Å². The van der Waals surface area contributed by atoms with E-state index < -0.39 is 12.4 Å². The van der Waals surface area contributed by atoms with Crippen molar-refractivity contribution in [1.29, 1.82) is 0 Å². The molecule has 0 aromatic heterocycles. The average molecular weight is 210 g/mol. The molecule has 0 aliphatic carbocycles. The fourth-order valence-electron chi connectivity index (χ4n) is 1.57. The fraction of sp³-hybridized carbons (Fsp3) is 0.500. The SMILES string of the molecule is COC(OC)C(O)Cc1ccccc1C. The highest BCUT2D eigenvalue weighted by Gasteiger charge is 2.18. The number of benzene rings is 1. The molecule has 1 unspecified atom stereocenters. The van der Waals surface area contributed by atoms with Crippen LogP contribution in [0.4, 0.5) is 0 Å². The standard InChI is InChI=1S/C12H18O3/c1-9-6-4-5-7-10(9)8-11(13)12(14-2)15-3/h4-7,11-13H,8H2,1-3H3. The highest BCUT2D eigenvalue weighted by Crippen LogP contribution is 2.12. The van der Waals surface area contributed by atoms with Gasteiger partial charge in [0.15, 0.2) is 6.29 Å². The molecule has 0 saturated heterocycles. The van der Waals surface area contributed by atoms with Gasteiger partial charge in [-0.2, -0.15) is 0 Å². The first-order chi connectivity index (χ1) is 7.19. The van der Waals surface area contributed by atoms with Crippen molar-refractivity contribution < 1.29 is 14.6 Å². The van der Waals surface area contributed by atoms with Gasteiger partial charge in [-0.25, -0.2) is 0 Å². The lowest BCUT2D eigenvalue weighted by Crippen LogP contribution is -2.31. The molecule has 3 nitrogen and oxygen atoms in total. The van der Waals surface area contributed by atoms with Gasteiger partial charge >= 0.3 is 0 Å². The molecule has 0 spiro atoms. The number of methoxy groups -OCH3 is 2. The Morgan fingerprint density at radius 3 is 2.33 bits per heavy atom. The molecule has 0 bridgehead atoms. The Morgan fingerprint density at radius 1 is 1.20 bits per heavy atom. The second-order valence-electron chi connectivity index (χ2n) is 3.54. The molecular weight excluding hydrogens is 192 g/mol. The van der Waals surface area contributed by atoms with Gasteiger partial charge < -0.3 is 14.6 Å². The second kappa shape index (κ2) is 5.85. The summed E-state index contributed by atoms with van der Waals surface area (Å²) in [4.78, 5) is 0. The summed E-state index contributed by atoms with van der Waals surface area (Å²) in [5.74, 6) is 0. The summed E-state index contributed by atoms with van der Waals surface area (Å²) in [6, 6.07) is 7.97. The van der Waals surface area contributed by atoms with Gasteiger partial charge in [0.1, 0.15) is 6.10 Å². The average Bonchev–Trinajstić information content (AvgIpc) is 2.23. The summed E-state index contributed by atoms with van der Waals surface area (Å²) in [5.41, 5.74) is 2.28. The summed E-state index contributed by atoms with van der Waals surface area (Å²) in [5, 5.41) is 9.84. The molecule has 1 N–H and O–H groups in total. The maximum Gasteiger partial charge on any atom is 0.183 e. The third-order valence-electron chi connectivity index (χ3n) is 2.47. The lowest BCUT2D eigenvalue weighted by atomic mass is 10.0. The van der Waals surface area contributed by atoms with Crippen LogP contribution in [0.25, 0.3) is 0 Å². The zero-order valence-electron chi connectivity index (χ0n) is 9.43. The van der Waals surface area contributed by atoms with Crippen molar-refractivity contribution in [2.75, 3.05) is 14.2 Å². The maximum absolute atomic E-state index is 9.84. The number of ether oxygens (including phenoxy) is 2. The van der Waals surface area contributed by atoms with Gasteiger partial charge in [-0.05, 0) is 18.1 Å². The van der Waals surface area contributed by atoms with Gasteiger partial charge in [0.25, 0.3) is 0 Å². The lowest BCUT2D eigenvalue weighted by Gasteiger charge is -2.20. The molecule has 84 valence electrons. The summed E-state index contributed by atoms with van der Waals surface area (Å²) in [6.45, 7) is 2.02. The molecule has 15 heavy (non-hydrogen) atoms. The van der Waals surface area contributed by atoms with Gasteiger partial charge in [-0.1, -0.05) is 24.3 Å². The summed E-state index contributed by atoms with van der Waals surface area (Å²) >= 11 is 0. The Bertz CT molecular complexity index is 295. The van der Waals surface area contributed by atoms with Crippen LogP contribution in [0.5, 0.6) is 0 Å². The molecule has 0 radical (unpaired) electrons. The minimum absolute atomic E-state index is 0.541. The number of hydrogen-bond acceptors (Lipinski definition) is 3. The Labute approximate surface area is 90.6 Å². The normalized spacial score (nSPS) is 13.1. The molecule has 0 fully saturated rings. The van der Waals surface area contributed by atoms with Crippen LogP contribution in [0.1, 0.15) is 11.1 Å². The number of rotatable bonds is 5. The molecule has 0 amide bonds. The highest BCUT2D eigenvalue weighted by atomic mass is 16.7. The summed E-state index contributed by atoms with van der Waals surface area (Å²) < 4.78 is 10.0. The van der Waals surface area contributed by atoms with Crippen molar-refractivity contribution in [2.45, 2.75) is 25.7 Å². The number of aryl methyl sites for hydroxylation is 1. The molecule has 0 saturated carbocycles. The molecule has 1 aromatic rings. The molecule has 0 aliphatic heterocycles. The zero-order valence-corrected chi connectivity index (χ0v) is 9.43. The Balaban J connectivity index is 2.65. The highest BCUT2D eigenvalue weighted by molar-refractivity contribution is 5.26. The van der Waals surface area contributed by atoms with Crippen molar-refractivity contribution in [2.24, 2.45) is 0 Å². The second-order valence-corrected chi connectivity index (χ2v) is 3.54. The maximum atomic E-state index is 9.84. The third-order valence-corrected chi connectivity index (χ3v) is 2.47. The molecule has 0 heterocycles. The zero-order chi connectivity index (χ0) is 11.3. The van der Waals surface area contributed by atoms with E-state index >= 15 is 0 Å². The van der Waals surface area contributed by atoms with Crippen LogP contribution in [0.2, 0.25) is 0 Å². The monoisotopic (exact) mass is 210 g/mol. The number of aliphatic hydroxyl groups is 1. The summed E-state index contributed by atoms with van der Waals surface area (Å²) in [7, 11) is 3.05. The Hall–Kier alpha value is -0.900. The van der Waals surface area contributed by atoms with E-state index in [4.69, 9.17) is 9.47 Å². The van der Waals surface area contributed by atoms with E-state index in [2.05, 4.69) is 0 Å². The molecule has 0 aliphatic rings. The van der Waals surface area contributed by atoms with Crippen LogP contribution in [0.15, 0.2) is 24.3 Å². The van der Waals surface area contributed by atoms with Gasteiger partial charge in [0.05, 0.1) is 0 Å². The Kier molecular flexibility index (Phi) is 4.75. The van der Waals surface area contributed by atoms with E-state index in [1.54, 1.807) is 0 Å². The van der Waals surface area contributed by atoms with Crippen molar-refractivity contribution in [3.63, 3.8) is 0 Å². The van der Waals surface area contributed by atoms with Crippen molar-refractivity contribution in [3.8, 4) is 0 Å².